The van der Waals surface area contributed by atoms with E-state index < -0.39 is 42.0 Å². The smallest absolute Gasteiger partial charge is 0.449 e. The molecule has 1 saturated heterocycles. The van der Waals surface area contributed by atoms with E-state index in [1.165, 1.54) is 0 Å². The van der Waals surface area contributed by atoms with Gasteiger partial charge < -0.3 is 14.6 Å². The molecule has 1 heterocycles. The van der Waals surface area contributed by atoms with Gasteiger partial charge in [-0.15, -0.1) is 0 Å². The highest BCUT2D eigenvalue weighted by Crippen LogP contribution is 2.53. The van der Waals surface area contributed by atoms with E-state index >= 15 is 0 Å². The van der Waals surface area contributed by atoms with Crippen molar-refractivity contribution in [2.24, 2.45) is 5.41 Å². The molecule has 0 aromatic heterocycles. The van der Waals surface area contributed by atoms with Gasteiger partial charge in [-0.25, -0.2) is 4.79 Å². The summed E-state index contributed by atoms with van der Waals surface area (Å²) in [6.45, 7) is 4.34. The van der Waals surface area contributed by atoms with Gasteiger partial charge in [-0.05, 0) is 0 Å². The summed E-state index contributed by atoms with van der Waals surface area (Å²) in [6.07, 6.45) is -7.75. The van der Waals surface area contributed by atoms with E-state index in [4.69, 9.17) is 0 Å². The standard InChI is InChI=1S/C11H13F5O4/c1-4-6(17)20-7-8(2,3)5-19-10(18,9(7,12)13)11(14,15)16/h4,7,18H,1,5H2,2-3H3. The zero-order chi connectivity index (χ0) is 16.0. The summed E-state index contributed by atoms with van der Waals surface area (Å²) in [5.74, 6) is -10.9. The Hall–Kier alpha value is -1.22. The number of alkyl halides is 5. The number of esters is 1. The highest BCUT2D eigenvalue weighted by Gasteiger charge is 2.78. The van der Waals surface area contributed by atoms with Crippen LogP contribution in [0.25, 0.3) is 0 Å². The van der Waals surface area contributed by atoms with Gasteiger partial charge in [0, 0.05) is 11.5 Å². The predicted molar refractivity (Wildman–Crippen MR) is 55.8 cm³/mol. The Labute approximate surface area is 111 Å². The van der Waals surface area contributed by atoms with E-state index in [2.05, 4.69) is 16.1 Å². The zero-order valence-corrected chi connectivity index (χ0v) is 10.6. The summed E-state index contributed by atoms with van der Waals surface area (Å²) in [7, 11) is 0. The van der Waals surface area contributed by atoms with Gasteiger partial charge in [0.25, 0.3) is 0 Å². The highest BCUT2D eigenvalue weighted by molar-refractivity contribution is 5.81. The van der Waals surface area contributed by atoms with E-state index in [0.717, 1.165) is 13.8 Å². The van der Waals surface area contributed by atoms with Crippen molar-refractivity contribution in [3.63, 3.8) is 0 Å². The van der Waals surface area contributed by atoms with E-state index in [9.17, 15) is 31.9 Å². The third-order valence-electron chi connectivity index (χ3n) is 2.93. The first-order valence-electron chi connectivity index (χ1n) is 5.43. The van der Waals surface area contributed by atoms with E-state index in [1.54, 1.807) is 0 Å². The number of carbonyl (C=O) groups is 1. The quantitative estimate of drug-likeness (QED) is 0.482. The molecular weight excluding hydrogens is 291 g/mol. The maximum absolute atomic E-state index is 14.0. The minimum atomic E-state index is -5.76. The molecule has 0 bridgehead atoms. The van der Waals surface area contributed by atoms with Crippen LogP contribution >= 0.6 is 0 Å². The van der Waals surface area contributed by atoms with E-state index in [-0.39, 0.29) is 0 Å². The zero-order valence-electron chi connectivity index (χ0n) is 10.6. The van der Waals surface area contributed by atoms with Crippen LogP contribution < -0.4 is 0 Å². The van der Waals surface area contributed by atoms with Gasteiger partial charge >= 0.3 is 23.9 Å². The van der Waals surface area contributed by atoms with Crippen molar-refractivity contribution in [3.8, 4) is 0 Å². The number of halogens is 5. The van der Waals surface area contributed by atoms with Crippen molar-refractivity contribution < 1.29 is 41.3 Å². The molecule has 0 aliphatic carbocycles. The van der Waals surface area contributed by atoms with Crippen molar-refractivity contribution in [3.05, 3.63) is 12.7 Å². The van der Waals surface area contributed by atoms with Gasteiger partial charge in [0.05, 0.1) is 6.61 Å². The van der Waals surface area contributed by atoms with Crippen LogP contribution in [0.5, 0.6) is 0 Å². The summed E-state index contributed by atoms with van der Waals surface area (Å²) in [5, 5.41) is 9.21. The molecular formula is C11H13F5O4. The molecule has 20 heavy (non-hydrogen) atoms. The summed E-state index contributed by atoms with van der Waals surface area (Å²) in [4.78, 5) is 11.0. The molecule has 4 nitrogen and oxygen atoms in total. The van der Waals surface area contributed by atoms with Gasteiger partial charge in [-0.2, -0.15) is 22.0 Å². The van der Waals surface area contributed by atoms with E-state index in [0.29, 0.717) is 6.08 Å². The van der Waals surface area contributed by atoms with Gasteiger partial charge in [0.15, 0.2) is 6.10 Å². The summed E-state index contributed by atoms with van der Waals surface area (Å²) >= 11 is 0. The summed E-state index contributed by atoms with van der Waals surface area (Å²) < 4.78 is 74.2. The van der Waals surface area contributed by atoms with Gasteiger partial charge in [0.2, 0.25) is 0 Å². The second-order valence-corrected chi connectivity index (χ2v) is 5.06. The Balaban J connectivity index is 3.29. The van der Waals surface area contributed by atoms with Crippen LogP contribution in [-0.2, 0) is 14.3 Å². The normalized spacial score (nSPS) is 32.5. The molecule has 2 atom stereocenters. The topological polar surface area (TPSA) is 55.8 Å². The summed E-state index contributed by atoms with van der Waals surface area (Å²) in [5.41, 5.74) is -1.64. The molecule has 0 saturated carbocycles. The fourth-order valence-corrected chi connectivity index (χ4v) is 1.80. The molecule has 1 fully saturated rings. The van der Waals surface area contributed by atoms with E-state index in [1.807, 2.05) is 0 Å². The summed E-state index contributed by atoms with van der Waals surface area (Å²) in [6, 6.07) is 0. The SMILES string of the molecule is C=CC(=O)OC1C(C)(C)COC(O)(C(F)(F)F)C1(F)F. The minimum Gasteiger partial charge on any atom is -0.452 e. The van der Waals surface area contributed by atoms with Gasteiger partial charge in [-0.3, -0.25) is 0 Å². The third kappa shape index (κ3) is 2.39. The van der Waals surface area contributed by atoms with Crippen LogP contribution in [0.1, 0.15) is 13.8 Å². The Morgan fingerprint density at radius 2 is 1.95 bits per heavy atom. The molecule has 1 aliphatic rings. The monoisotopic (exact) mass is 304 g/mol. The molecule has 2 unspecified atom stereocenters. The number of carbonyl (C=O) groups excluding carboxylic acids is 1. The van der Waals surface area contributed by atoms with Crippen molar-refractivity contribution in [1.29, 1.82) is 0 Å². The first kappa shape index (κ1) is 16.8. The molecule has 0 radical (unpaired) electrons. The molecule has 1 N–H and O–H groups in total. The van der Waals surface area contributed by atoms with Gasteiger partial charge in [-0.1, -0.05) is 20.4 Å². The largest absolute Gasteiger partial charge is 0.452 e. The lowest BCUT2D eigenvalue weighted by Gasteiger charge is -2.50. The Morgan fingerprint density at radius 1 is 1.45 bits per heavy atom. The highest BCUT2D eigenvalue weighted by atomic mass is 19.4. The Bertz CT molecular complexity index is 418. The predicted octanol–water partition coefficient (Wildman–Crippen LogP) is 2.03. The van der Waals surface area contributed by atoms with Crippen LogP contribution in [0.2, 0.25) is 0 Å². The van der Waals surface area contributed by atoms with Crippen molar-refractivity contribution >= 4 is 5.97 Å². The molecule has 0 aromatic carbocycles. The Morgan fingerprint density at radius 3 is 2.35 bits per heavy atom. The van der Waals surface area contributed by atoms with Crippen molar-refractivity contribution in [2.75, 3.05) is 6.61 Å². The molecule has 116 valence electrons. The fourth-order valence-electron chi connectivity index (χ4n) is 1.80. The fraction of sp³-hybridized carbons (Fsp3) is 0.727. The number of hydrogen-bond donors (Lipinski definition) is 1. The third-order valence-corrected chi connectivity index (χ3v) is 2.93. The molecule has 1 rings (SSSR count). The average molecular weight is 304 g/mol. The maximum Gasteiger partial charge on any atom is 0.449 e. The molecule has 0 spiro atoms. The lowest BCUT2D eigenvalue weighted by molar-refractivity contribution is -0.469. The minimum absolute atomic E-state index is 0.536. The van der Waals surface area contributed by atoms with Crippen LogP contribution in [0.4, 0.5) is 22.0 Å². The molecule has 0 aromatic rings. The molecule has 9 heteroatoms. The number of aliphatic hydroxyl groups is 1. The van der Waals surface area contributed by atoms with Crippen molar-refractivity contribution in [1.82, 2.24) is 0 Å². The Kier molecular flexibility index (Phi) is 3.92. The molecule has 1 aliphatic heterocycles. The second-order valence-electron chi connectivity index (χ2n) is 5.06. The lowest BCUT2D eigenvalue weighted by atomic mass is 9.78. The maximum atomic E-state index is 14.0. The first-order chi connectivity index (χ1) is 8.79. The number of rotatable bonds is 2. The molecule has 0 amide bonds. The van der Waals surface area contributed by atoms with Gasteiger partial charge in [0.1, 0.15) is 0 Å². The van der Waals surface area contributed by atoms with Crippen molar-refractivity contribution in [2.45, 2.75) is 37.8 Å². The van der Waals surface area contributed by atoms with Crippen LogP contribution in [0.15, 0.2) is 12.7 Å². The average Bonchev–Trinajstić information content (AvgIpc) is 2.28. The number of hydrogen-bond acceptors (Lipinski definition) is 4. The second kappa shape index (κ2) is 4.66. The van der Waals surface area contributed by atoms with Crippen LogP contribution in [-0.4, -0.2) is 41.7 Å². The lowest BCUT2D eigenvalue weighted by Crippen LogP contribution is -2.72. The number of ether oxygens (including phenoxy) is 2. The van der Waals surface area contributed by atoms with Crippen LogP contribution in [0.3, 0.4) is 0 Å². The van der Waals surface area contributed by atoms with Crippen LogP contribution in [0, 0.1) is 5.41 Å². The first-order valence-corrected chi connectivity index (χ1v) is 5.43.